The van der Waals surface area contributed by atoms with E-state index >= 15 is 0 Å². The highest BCUT2D eigenvalue weighted by atomic mass is 15.4. The van der Waals surface area contributed by atoms with Crippen LogP contribution in [0.15, 0.2) is 24.3 Å². The molecule has 17 heavy (non-hydrogen) atoms. The lowest BCUT2D eigenvalue weighted by atomic mass is 10.1. The summed E-state index contributed by atoms with van der Waals surface area (Å²) in [6.45, 7) is 2.15. The molecule has 0 unspecified atom stereocenters. The summed E-state index contributed by atoms with van der Waals surface area (Å²) in [5.41, 5.74) is 9.34. The molecule has 1 fully saturated rings. The summed E-state index contributed by atoms with van der Waals surface area (Å²) in [6, 6.07) is 8.42. The van der Waals surface area contributed by atoms with Gasteiger partial charge in [0.1, 0.15) is 0 Å². The summed E-state index contributed by atoms with van der Waals surface area (Å²) in [7, 11) is 0. The van der Waals surface area contributed by atoms with E-state index in [2.05, 4.69) is 41.5 Å². The van der Waals surface area contributed by atoms with E-state index in [1.807, 2.05) is 4.68 Å². The van der Waals surface area contributed by atoms with Crippen molar-refractivity contribution < 1.29 is 0 Å². The first-order chi connectivity index (χ1) is 8.29. The molecule has 4 heteroatoms. The quantitative estimate of drug-likeness (QED) is 0.876. The molecule has 1 saturated carbocycles. The van der Waals surface area contributed by atoms with Crippen molar-refractivity contribution >= 4 is 5.82 Å². The Labute approximate surface area is 100 Å². The van der Waals surface area contributed by atoms with Crippen molar-refractivity contribution in [3.63, 3.8) is 0 Å². The third-order valence-electron chi connectivity index (χ3n) is 3.29. The highest BCUT2D eigenvalue weighted by molar-refractivity contribution is 5.45. The normalized spacial score (nSPS) is 15.1. The van der Waals surface area contributed by atoms with Crippen molar-refractivity contribution in [3.05, 3.63) is 35.5 Å². The van der Waals surface area contributed by atoms with Crippen LogP contribution in [-0.2, 0) is 6.42 Å². The Bertz CT molecular complexity index is 523. The van der Waals surface area contributed by atoms with Crippen LogP contribution in [0, 0.1) is 0 Å². The summed E-state index contributed by atoms with van der Waals surface area (Å²) in [5, 5.41) is 8.13. The number of aromatic nitrogens is 3. The van der Waals surface area contributed by atoms with Gasteiger partial charge in [0.05, 0.1) is 11.4 Å². The van der Waals surface area contributed by atoms with Crippen molar-refractivity contribution in [2.24, 2.45) is 0 Å². The maximum absolute atomic E-state index is 5.88. The van der Waals surface area contributed by atoms with Gasteiger partial charge in [-0.3, -0.25) is 0 Å². The molecular formula is C13H16N4. The third kappa shape index (κ3) is 1.79. The van der Waals surface area contributed by atoms with Crippen LogP contribution < -0.4 is 5.73 Å². The first-order valence-electron chi connectivity index (χ1n) is 6.10. The molecule has 2 aromatic rings. The van der Waals surface area contributed by atoms with Gasteiger partial charge in [-0.05, 0) is 37.0 Å². The molecule has 0 atom stereocenters. The lowest BCUT2D eigenvalue weighted by Gasteiger charge is -2.06. The van der Waals surface area contributed by atoms with Gasteiger partial charge >= 0.3 is 0 Å². The maximum Gasteiger partial charge on any atom is 0.169 e. The first-order valence-corrected chi connectivity index (χ1v) is 6.10. The minimum atomic E-state index is 0.552. The molecule has 1 aromatic heterocycles. The number of benzene rings is 1. The molecule has 1 aliphatic carbocycles. The second kappa shape index (κ2) is 3.87. The molecular weight excluding hydrogens is 212 g/mol. The van der Waals surface area contributed by atoms with Gasteiger partial charge < -0.3 is 5.73 Å². The number of nitrogens with two attached hydrogens (primary N) is 1. The molecule has 0 spiro atoms. The predicted octanol–water partition coefficient (Wildman–Crippen LogP) is 2.29. The standard InChI is InChI=1S/C13H16N4/c1-2-9-3-7-11(8-4-9)17-12(10-5-6-10)13(14)15-16-17/h3-4,7-8,10H,2,5-6,14H2,1H3. The molecule has 0 bridgehead atoms. The zero-order chi connectivity index (χ0) is 11.8. The number of nitrogen functional groups attached to an aromatic ring is 1. The lowest BCUT2D eigenvalue weighted by Crippen LogP contribution is -2.02. The number of hydrogen-bond acceptors (Lipinski definition) is 3. The number of anilines is 1. The molecule has 1 aromatic carbocycles. The molecule has 0 amide bonds. The van der Waals surface area contributed by atoms with Crippen LogP contribution in [0.3, 0.4) is 0 Å². The number of nitrogens with zero attached hydrogens (tertiary/aromatic N) is 3. The molecule has 0 radical (unpaired) electrons. The van der Waals surface area contributed by atoms with E-state index in [9.17, 15) is 0 Å². The largest absolute Gasteiger partial charge is 0.381 e. The van der Waals surface area contributed by atoms with Gasteiger partial charge in [0.2, 0.25) is 0 Å². The van der Waals surface area contributed by atoms with Crippen molar-refractivity contribution in [1.82, 2.24) is 15.0 Å². The molecule has 1 heterocycles. The van der Waals surface area contributed by atoms with E-state index in [1.165, 1.54) is 18.4 Å². The summed E-state index contributed by atoms with van der Waals surface area (Å²) < 4.78 is 1.88. The topological polar surface area (TPSA) is 56.7 Å². The van der Waals surface area contributed by atoms with Crippen LogP contribution >= 0.6 is 0 Å². The average molecular weight is 228 g/mol. The van der Waals surface area contributed by atoms with E-state index in [4.69, 9.17) is 5.73 Å². The van der Waals surface area contributed by atoms with Crippen molar-refractivity contribution in [3.8, 4) is 5.69 Å². The van der Waals surface area contributed by atoms with Crippen LogP contribution in [-0.4, -0.2) is 15.0 Å². The van der Waals surface area contributed by atoms with Crippen LogP contribution in [0.25, 0.3) is 5.69 Å². The van der Waals surface area contributed by atoms with Crippen LogP contribution in [0.2, 0.25) is 0 Å². The second-order valence-corrected chi connectivity index (χ2v) is 4.57. The van der Waals surface area contributed by atoms with Gasteiger partial charge in [-0.1, -0.05) is 24.3 Å². The highest BCUT2D eigenvalue weighted by Crippen LogP contribution is 2.42. The third-order valence-corrected chi connectivity index (χ3v) is 3.29. The fourth-order valence-corrected chi connectivity index (χ4v) is 2.10. The fourth-order valence-electron chi connectivity index (χ4n) is 2.10. The van der Waals surface area contributed by atoms with Crippen molar-refractivity contribution in [2.75, 3.05) is 5.73 Å². The Balaban J connectivity index is 2.02. The second-order valence-electron chi connectivity index (χ2n) is 4.57. The van der Waals surface area contributed by atoms with E-state index in [-0.39, 0.29) is 0 Å². The Kier molecular flexibility index (Phi) is 2.35. The van der Waals surface area contributed by atoms with Gasteiger partial charge in [0.25, 0.3) is 0 Å². The Morgan fingerprint density at radius 3 is 2.59 bits per heavy atom. The molecule has 3 rings (SSSR count). The van der Waals surface area contributed by atoms with Crippen molar-refractivity contribution in [1.29, 1.82) is 0 Å². The summed E-state index contributed by atoms with van der Waals surface area (Å²) in [5.74, 6) is 1.13. The Morgan fingerprint density at radius 1 is 1.29 bits per heavy atom. The Hall–Kier alpha value is -1.84. The SMILES string of the molecule is CCc1ccc(-n2nnc(N)c2C2CC2)cc1. The minimum absolute atomic E-state index is 0.552. The average Bonchev–Trinajstić information content (AvgIpc) is 3.13. The van der Waals surface area contributed by atoms with Gasteiger partial charge in [-0.15, -0.1) is 5.10 Å². The highest BCUT2D eigenvalue weighted by Gasteiger charge is 2.30. The van der Waals surface area contributed by atoms with Gasteiger partial charge in [0, 0.05) is 5.92 Å². The number of aryl methyl sites for hydroxylation is 1. The summed E-state index contributed by atoms with van der Waals surface area (Å²) in [4.78, 5) is 0. The van der Waals surface area contributed by atoms with Crippen LogP contribution in [0.1, 0.15) is 36.9 Å². The smallest absolute Gasteiger partial charge is 0.169 e. The maximum atomic E-state index is 5.88. The van der Waals surface area contributed by atoms with Gasteiger partial charge in [-0.25, -0.2) is 4.68 Å². The monoisotopic (exact) mass is 228 g/mol. The van der Waals surface area contributed by atoms with E-state index < -0.39 is 0 Å². The summed E-state index contributed by atoms with van der Waals surface area (Å²) >= 11 is 0. The van der Waals surface area contributed by atoms with E-state index in [1.54, 1.807) is 0 Å². The van der Waals surface area contributed by atoms with Gasteiger partial charge in [0.15, 0.2) is 5.82 Å². The molecule has 0 aliphatic heterocycles. The molecule has 0 saturated heterocycles. The number of hydrogen-bond donors (Lipinski definition) is 1. The Morgan fingerprint density at radius 2 is 2.00 bits per heavy atom. The number of rotatable bonds is 3. The van der Waals surface area contributed by atoms with Crippen molar-refractivity contribution in [2.45, 2.75) is 32.1 Å². The fraction of sp³-hybridized carbons (Fsp3) is 0.385. The molecule has 4 nitrogen and oxygen atoms in total. The van der Waals surface area contributed by atoms with E-state index in [0.29, 0.717) is 11.7 Å². The lowest BCUT2D eigenvalue weighted by molar-refractivity contribution is 0.763. The zero-order valence-corrected chi connectivity index (χ0v) is 9.93. The minimum Gasteiger partial charge on any atom is -0.381 e. The summed E-state index contributed by atoms with van der Waals surface area (Å²) in [6.07, 6.45) is 3.45. The van der Waals surface area contributed by atoms with E-state index in [0.717, 1.165) is 17.8 Å². The zero-order valence-electron chi connectivity index (χ0n) is 9.93. The first kappa shape index (κ1) is 10.3. The molecule has 2 N–H and O–H groups in total. The molecule has 88 valence electrons. The predicted molar refractivity (Wildman–Crippen MR) is 67.1 cm³/mol. The molecule has 1 aliphatic rings. The van der Waals surface area contributed by atoms with Gasteiger partial charge in [-0.2, -0.15) is 0 Å². The van der Waals surface area contributed by atoms with Crippen LogP contribution in [0.4, 0.5) is 5.82 Å². The van der Waals surface area contributed by atoms with Crippen LogP contribution in [0.5, 0.6) is 0 Å².